The van der Waals surface area contributed by atoms with E-state index in [1.54, 1.807) is 6.20 Å². The maximum atomic E-state index is 12.4. The van der Waals surface area contributed by atoms with Crippen molar-refractivity contribution in [3.63, 3.8) is 0 Å². The van der Waals surface area contributed by atoms with Gasteiger partial charge in [-0.3, -0.25) is 0 Å². The van der Waals surface area contributed by atoms with E-state index in [9.17, 15) is 4.79 Å². The Balaban J connectivity index is 1.54. The summed E-state index contributed by atoms with van der Waals surface area (Å²) in [6.07, 6.45) is 2.80. The molecule has 5 nitrogen and oxygen atoms in total. The molecule has 0 spiro atoms. The van der Waals surface area contributed by atoms with Crippen LogP contribution in [0.5, 0.6) is 0 Å². The molecule has 0 saturated carbocycles. The van der Waals surface area contributed by atoms with Crippen LogP contribution < -0.4 is 10.2 Å². The van der Waals surface area contributed by atoms with Crippen LogP contribution in [0.25, 0.3) is 0 Å². The standard InChI is InChI=1S/C19H24N4O/c1-22(2)18-12-15(8-10-20-18)13-21-19(24)23-11-9-17(14-23)16-6-4-3-5-7-16/h3-8,10,12,17H,9,11,13-14H2,1-2H3,(H,21,24)/t17-/m0/s1. The molecule has 1 N–H and O–H groups in total. The highest BCUT2D eigenvalue weighted by Gasteiger charge is 2.26. The molecule has 0 unspecified atom stereocenters. The first kappa shape index (κ1) is 16.3. The van der Waals surface area contributed by atoms with Crippen LogP contribution in [0.15, 0.2) is 48.7 Å². The van der Waals surface area contributed by atoms with Crippen molar-refractivity contribution < 1.29 is 4.79 Å². The number of aromatic nitrogens is 1. The smallest absolute Gasteiger partial charge is 0.317 e. The Bertz CT molecular complexity index is 687. The lowest BCUT2D eigenvalue weighted by molar-refractivity contribution is 0.208. The maximum Gasteiger partial charge on any atom is 0.317 e. The molecular formula is C19H24N4O. The molecule has 1 aromatic heterocycles. The number of nitrogens with zero attached hydrogens (tertiary/aromatic N) is 3. The summed E-state index contributed by atoms with van der Waals surface area (Å²) in [6, 6.07) is 14.4. The molecule has 0 bridgehead atoms. The molecule has 0 radical (unpaired) electrons. The topological polar surface area (TPSA) is 48.5 Å². The molecule has 1 atom stereocenters. The minimum atomic E-state index is 0.0108. The van der Waals surface area contributed by atoms with Gasteiger partial charge in [-0.2, -0.15) is 0 Å². The molecule has 3 rings (SSSR count). The minimum Gasteiger partial charge on any atom is -0.363 e. The van der Waals surface area contributed by atoms with Crippen LogP contribution in [0.2, 0.25) is 0 Å². The van der Waals surface area contributed by atoms with Crippen molar-refractivity contribution in [3.05, 3.63) is 59.8 Å². The zero-order valence-corrected chi connectivity index (χ0v) is 14.3. The van der Waals surface area contributed by atoms with Crippen LogP contribution in [0.1, 0.15) is 23.5 Å². The van der Waals surface area contributed by atoms with E-state index >= 15 is 0 Å². The summed E-state index contributed by atoms with van der Waals surface area (Å²) >= 11 is 0. The van der Waals surface area contributed by atoms with Crippen molar-refractivity contribution in [1.29, 1.82) is 0 Å². The molecule has 1 aliphatic heterocycles. The van der Waals surface area contributed by atoms with Crippen molar-refractivity contribution >= 4 is 11.8 Å². The molecule has 126 valence electrons. The van der Waals surface area contributed by atoms with Crippen LogP contribution in [0.3, 0.4) is 0 Å². The van der Waals surface area contributed by atoms with E-state index in [4.69, 9.17) is 0 Å². The fourth-order valence-corrected chi connectivity index (χ4v) is 3.05. The molecule has 2 aromatic rings. The van der Waals surface area contributed by atoms with Crippen LogP contribution in [0.4, 0.5) is 10.6 Å². The van der Waals surface area contributed by atoms with E-state index in [2.05, 4.69) is 34.6 Å². The van der Waals surface area contributed by atoms with Crippen LogP contribution in [-0.2, 0) is 6.54 Å². The van der Waals surface area contributed by atoms with Gasteiger partial charge in [0.05, 0.1) is 0 Å². The fourth-order valence-electron chi connectivity index (χ4n) is 3.05. The van der Waals surface area contributed by atoms with Gasteiger partial charge < -0.3 is 15.1 Å². The number of hydrogen-bond donors (Lipinski definition) is 1. The van der Waals surface area contributed by atoms with Crippen LogP contribution >= 0.6 is 0 Å². The molecule has 2 amide bonds. The van der Waals surface area contributed by atoms with Crippen molar-refractivity contribution in [3.8, 4) is 0 Å². The fraction of sp³-hybridized carbons (Fsp3) is 0.368. The first-order valence-electron chi connectivity index (χ1n) is 8.33. The average Bonchev–Trinajstić information content (AvgIpc) is 3.11. The van der Waals surface area contributed by atoms with Gasteiger partial charge in [0.15, 0.2) is 0 Å². The largest absolute Gasteiger partial charge is 0.363 e. The number of carbonyl (C=O) groups is 1. The Kier molecular flexibility index (Phi) is 4.99. The zero-order chi connectivity index (χ0) is 16.9. The van der Waals surface area contributed by atoms with Crippen molar-refractivity contribution in [2.75, 3.05) is 32.1 Å². The lowest BCUT2D eigenvalue weighted by Crippen LogP contribution is -2.38. The van der Waals surface area contributed by atoms with E-state index in [0.717, 1.165) is 30.9 Å². The Morgan fingerprint density at radius 2 is 2.08 bits per heavy atom. The number of anilines is 1. The second-order valence-corrected chi connectivity index (χ2v) is 6.42. The lowest BCUT2D eigenvalue weighted by Gasteiger charge is -2.18. The zero-order valence-electron chi connectivity index (χ0n) is 14.3. The normalized spacial score (nSPS) is 16.9. The van der Waals surface area contributed by atoms with Gasteiger partial charge in [0.1, 0.15) is 5.82 Å². The number of carbonyl (C=O) groups excluding carboxylic acids is 1. The maximum absolute atomic E-state index is 12.4. The van der Waals surface area contributed by atoms with Gasteiger partial charge in [0.25, 0.3) is 0 Å². The van der Waals surface area contributed by atoms with Crippen LogP contribution in [-0.4, -0.2) is 43.1 Å². The molecule has 1 aliphatic rings. The average molecular weight is 324 g/mol. The summed E-state index contributed by atoms with van der Waals surface area (Å²) in [5.41, 5.74) is 2.37. The highest BCUT2D eigenvalue weighted by molar-refractivity contribution is 5.74. The van der Waals surface area contributed by atoms with E-state index in [-0.39, 0.29) is 6.03 Å². The van der Waals surface area contributed by atoms with Gasteiger partial charge in [-0.1, -0.05) is 30.3 Å². The third-order valence-electron chi connectivity index (χ3n) is 4.46. The van der Waals surface area contributed by atoms with Gasteiger partial charge in [-0.15, -0.1) is 0 Å². The van der Waals surface area contributed by atoms with E-state index in [1.807, 2.05) is 42.1 Å². The number of nitrogens with one attached hydrogen (secondary N) is 1. The lowest BCUT2D eigenvalue weighted by atomic mass is 9.99. The van der Waals surface area contributed by atoms with Gasteiger partial charge >= 0.3 is 6.03 Å². The monoisotopic (exact) mass is 324 g/mol. The first-order chi connectivity index (χ1) is 11.6. The van der Waals surface area contributed by atoms with Gasteiger partial charge in [0, 0.05) is 45.8 Å². The molecule has 5 heteroatoms. The summed E-state index contributed by atoms with van der Waals surface area (Å²) in [4.78, 5) is 20.6. The van der Waals surface area contributed by atoms with Crippen LogP contribution in [0, 0.1) is 0 Å². The molecule has 1 fully saturated rings. The predicted octanol–water partition coefficient (Wildman–Crippen LogP) is 2.85. The second kappa shape index (κ2) is 7.34. The number of pyridine rings is 1. The van der Waals surface area contributed by atoms with Gasteiger partial charge in [0.2, 0.25) is 0 Å². The third-order valence-corrected chi connectivity index (χ3v) is 4.46. The van der Waals surface area contributed by atoms with Crippen molar-refractivity contribution in [2.45, 2.75) is 18.9 Å². The van der Waals surface area contributed by atoms with E-state index in [0.29, 0.717) is 12.5 Å². The number of likely N-dealkylation sites (tertiary alicyclic amines) is 1. The van der Waals surface area contributed by atoms with Crippen molar-refractivity contribution in [1.82, 2.24) is 15.2 Å². The quantitative estimate of drug-likeness (QED) is 0.941. The summed E-state index contributed by atoms with van der Waals surface area (Å²) in [7, 11) is 3.91. The molecule has 24 heavy (non-hydrogen) atoms. The van der Waals surface area contributed by atoms with E-state index < -0.39 is 0 Å². The van der Waals surface area contributed by atoms with Gasteiger partial charge in [-0.05, 0) is 29.7 Å². The summed E-state index contributed by atoms with van der Waals surface area (Å²) in [5.74, 6) is 1.34. The molecule has 2 heterocycles. The summed E-state index contributed by atoms with van der Waals surface area (Å²) in [6.45, 7) is 2.12. The number of amides is 2. The predicted molar refractivity (Wildman–Crippen MR) is 96.2 cm³/mol. The molecular weight excluding hydrogens is 300 g/mol. The molecule has 1 aromatic carbocycles. The highest BCUT2D eigenvalue weighted by atomic mass is 16.2. The summed E-state index contributed by atoms with van der Waals surface area (Å²) < 4.78 is 0. The number of hydrogen-bond acceptors (Lipinski definition) is 3. The highest BCUT2D eigenvalue weighted by Crippen LogP contribution is 2.26. The minimum absolute atomic E-state index is 0.0108. The third kappa shape index (κ3) is 3.85. The Morgan fingerprint density at radius 3 is 2.83 bits per heavy atom. The molecule has 0 aliphatic carbocycles. The Labute approximate surface area is 143 Å². The van der Waals surface area contributed by atoms with E-state index in [1.165, 1.54) is 5.56 Å². The number of benzene rings is 1. The van der Waals surface area contributed by atoms with Gasteiger partial charge in [-0.25, -0.2) is 9.78 Å². The number of rotatable bonds is 4. The SMILES string of the molecule is CN(C)c1cc(CNC(=O)N2CC[C@H](c3ccccc3)C2)ccn1. The molecule has 1 saturated heterocycles. The summed E-state index contributed by atoms with van der Waals surface area (Å²) in [5, 5.41) is 3.02. The Morgan fingerprint density at radius 1 is 1.29 bits per heavy atom. The Hall–Kier alpha value is -2.56. The van der Waals surface area contributed by atoms with Crippen molar-refractivity contribution in [2.24, 2.45) is 0 Å². The second-order valence-electron chi connectivity index (χ2n) is 6.42. The first-order valence-corrected chi connectivity index (χ1v) is 8.33. The number of urea groups is 1.